The van der Waals surface area contributed by atoms with E-state index in [2.05, 4.69) is 46.9 Å². The highest BCUT2D eigenvalue weighted by Crippen LogP contribution is 2.21. The van der Waals surface area contributed by atoms with Crippen molar-refractivity contribution in [2.24, 2.45) is 0 Å². The van der Waals surface area contributed by atoms with Gasteiger partial charge in [-0.05, 0) is 31.5 Å². The Labute approximate surface area is 123 Å². The molecule has 112 valence electrons. The Kier molecular flexibility index (Phi) is 5.80. The average molecular weight is 276 g/mol. The van der Waals surface area contributed by atoms with Crippen LogP contribution in [0.3, 0.4) is 0 Å². The van der Waals surface area contributed by atoms with Crippen molar-refractivity contribution < 1.29 is 0 Å². The molecule has 1 aliphatic rings. The summed E-state index contributed by atoms with van der Waals surface area (Å²) in [5.74, 6) is 0. The van der Waals surface area contributed by atoms with Gasteiger partial charge in [0, 0.05) is 45.0 Å². The topological polar surface area (TPSA) is 31.4 Å². The van der Waals surface area contributed by atoms with Crippen molar-refractivity contribution >= 4 is 5.69 Å². The van der Waals surface area contributed by atoms with Crippen molar-refractivity contribution in [1.82, 2.24) is 15.2 Å². The molecule has 1 fully saturated rings. The van der Waals surface area contributed by atoms with Gasteiger partial charge in [0.05, 0.1) is 11.9 Å². The third kappa shape index (κ3) is 3.70. The number of nitrogens with zero attached hydrogens (tertiary/aromatic N) is 3. The molecule has 4 nitrogen and oxygen atoms in total. The van der Waals surface area contributed by atoms with Gasteiger partial charge in [0.15, 0.2) is 0 Å². The Bertz CT molecular complexity index is 399. The number of rotatable bonds is 6. The number of nitrogens with one attached hydrogen (secondary N) is 1. The van der Waals surface area contributed by atoms with Crippen molar-refractivity contribution in [3.8, 4) is 0 Å². The van der Waals surface area contributed by atoms with Gasteiger partial charge in [-0.15, -0.1) is 0 Å². The molecule has 1 saturated heterocycles. The number of piperazine rings is 1. The molecule has 1 unspecified atom stereocenters. The van der Waals surface area contributed by atoms with Crippen LogP contribution in [0.2, 0.25) is 0 Å². The van der Waals surface area contributed by atoms with E-state index in [-0.39, 0.29) is 0 Å². The van der Waals surface area contributed by atoms with E-state index in [1.807, 2.05) is 12.4 Å². The molecule has 2 heterocycles. The second kappa shape index (κ2) is 7.60. The van der Waals surface area contributed by atoms with Gasteiger partial charge in [-0.3, -0.25) is 9.88 Å². The highest BCUT2D eigenvalue weighted by molar-refractivity contribution is 5.52. The van der Waals surface area contributed by atoms with Crippen LogP contribution in [-0.2, 0) is 6.54 Å². The van der Waals surface area contributed by atoms with Crippen molar-refractivity contribution in [1.29, 1.82) is 0 Å². The zero-order chi connectivity index (χ0) is 14.4. The molecule has 0 radical (unpaired) electrons. The molecule has 0 aromatic carbocycles. The minimum absolute atomic E-state index is 0.701. The first-order chi connectivity index (χ1) is 9.76. The smallest absolute Gasteiger partial charge is 0.0599 e. The molecule has 0 bridgehead atoms. The Hall–Kier alpha value is -1.13. The maximum Gasteiger partial charge on any atom is 0.0599 e. The molecule has 1 atom stereocenters. The molecule has 4 heteroatoms. The molecule has 0 aliphatic carbocycles. The number of pyridine rings is 1. The van der Waals surface area contributed by atoms with Gasteiger partial charge in [0.1, 0.15) is 0 Å². The Morgan fingerprint density at radius 3 is 2.65 bits per heavy atom. The lowest BCUT2D eigenvalue weighted by Crippen LogP contribution is -2.49. The third-order valence-electron chi connectivity index (χ3n) is 4.32. The van der Waals surface area contributed by atoms with E-state index in [4.69, 9.17) is 0 Å². The molecule has 0 saturated carbocycles. The van der Waals surface area contributed by atoms with Gasteiger partial charge in [0.2, 0.25) is 0 Å². The second-order valence-corrected chi connectivity index (χ2v) is 5.57. The first-order valence-corrected chi connectivity index (χ1v) is 7.88. The van der Waals surface area contributed by atoms with E-state index in [1.165, 1.54) is 17.7 Å². The number of hydrogen-bond donors (Lipinski definition) is 1. The molecule has 1 aromatic heterocycles. The van der Waals surface area contributed by atoms with Gasteiger partial charge >= 0.3 is 0 Å². The monoisotopic (exact) mass is 276 g/mol. The first-order valence-electron chi connectivity index (χ1n) is 7.88. The summed E-state index contributed by atoms with van der Waals surface area (Å²) < 4.78 is 0. The van der Waals surface area contributed by atoms with Crippen molar-refractivity contribution in [3.63, 3.8) is 0 Å². The minimum atomic E-state index is 0.701. The molecular formula is C16H28N4. The molecule has 1 N–H and O–H groups in total. The van der Waals surface area contributed by atoms with Crippen LogP contribution in [0.5, 0.6) is 0 Å². The fourth-order valence-electron chi connectivity index (χ4n) is 2.77. The van der Waals surface area contributed by atoms with E-state index < -0.39 is 0 Å². The zero-order valence-corrected chi connectivity index (χ0v) is 13.1. The van der Waals surface area contributed by atoms with Crippen LogP contribution in [0.25, 0.3) is 0 Å². The summed E-state index contributed by atoms with van der Waals surface area (Å²) in [5, 5.41) is 3.42. The van der Waals surface area contributed by atoms with Gasteiger partial charge in [-0.25, -0.2) is 0 Å². The van der Waals surface area contributed by atoms with Gasteiger partial charge < -0.3 is 10.2 Å². The summed E-state index contributed by atoms with van der Waals surface area (Å²) >= 11 is 0. The zero-order valence-electron chi connectivity index (χ0n) is 13.1. The predicted octanol–water partition coefficient (Wildman–Crippen LogP) is 2.11. The molecular weight excluding hydrogens is 248 g/mol. The number of anilines is 1. The Balaban J connectivity index is 1.99. The van der Waals surface area contributed by atoms with E-state index >= 15 is 0 Å². The fourth-order valence-corrected chi connectivity index (χ4v) is 2.77. The van der Waals surface area contributed by atoms with Crippen LogP contribution in [0.4, 0.5) is 5.69 Å². The van der Waals surface area contributed by atoms with Crippen LogP contribution in [-0.4, -0.2) is 48.6 Å². The molecule has 2 rings (SSSR count). The molecule has 1 aromatic rings. The average Bonchev–Trinajstić information content (AvgIpc) is 2.52. The number of hydrogen-bond acceptors (Lipinski definition) is 4. The lowest BCUT2D eigenvalue weighted by molar-refractivity contribution is 0.192. The third-order valence-corrected chi connectivity index (χ3v) is 4.32. The Morgan fingerprint density at radius 2 is 2.00 bits per heavy atom. The van der Waals surface area contributed by atoms with Crippen molar-refractivity contribution in [2.45, 2.75) is 39.8 Å². The maximum atomic E-state index is 4.32. The lowest BCUT2D eigenvalue weighted by atomic mass is 10.1. The Morgan fingerprint density at radius 1 is 1.25 bits per heavy atom. The van der Waals surface area contributed by atoms with E-state index in [9.17, 15) is 0 Å². The quantitative estimate of drug-likeness (QED) is 0.862. The summed E-state index contributed by atoms with van der Waals surface area (Å²) in [5.41, 5.74) is 2.66. The normalized spacial score (nSPS) is 18.2. The van der Waals surface area contributed by atoms with Crippen molar-refractivity contribution in [3.05, 3.63) is 24.0 Å². The van der Waals surface area contributed by atoms with Crippen LogP contribution >= 0.6 is 0 Å². The molecule has 0 amide bonds. The summed E-state index contributed by atoms with van der Waals surface area (Å²) in [6.07, 6.45) is 5.15. The van der Waals surface area contributed by atoms with E-state index in [1.54, 1.807) is 0 Å². The maximum absolute atomic E-state index is 4.32. The summed E-state index contributed by atoms with van der Waals surface area (Å²) in [6.45, 7) is 13.2. The predicted molar refractivity (Wildman–Crippen MR) is 85.2 cm³/mol. The minimum Gasteiger partial charge on any atom is -0.367 e. The van der Waals surface area contributed by atoms with Crippen molar-refractivity contribution in [2.75, 3.05) is 37.6 Å². The SMILES string of the molecule is CCNCc1ccncc1N1CCN(C(C)CC)CC1. The van der Waals surface area contributed by atoms with E-state index in [0.29, 0.717) is 6.04 Å². The summed E-state index contributed by atoms with van der Waals surface area (Å²) in [4.78, 5) is 9.39. The lowest BCUT2D eigenvalue weighted by Gasteiger charge is -2.39. The standard InChI is InChI=1S/C16H28N4/c1-4-14(3)19-8-10-20(11-9-19)16-13-18-7-6-15(16)12-17-5-2/h6-7,13-14,17H,4-5,8-12H2,1-3H3. The summed E-state index contributed by atoms with van der Waals surface area (Å²) in [7, 11) is 0. The van der Waals surface area contributed by atoms with Crippen LogP contribution in [0.15, 0.2) is 18.5 Å². The second-order valence-electron chi connectivity index (χ2n) is 5.57. The van der Waals surface area contributed by atoms with Gasteiger partial charge in [0.25, 0.3) is 0 Å². The van der Waals surface area contributed by atoms with Gasteiger partial charge in [-0.2, -0.15) is 0 Å². The first kappa shape index (κ1) is 15.3. The van der Waals surface area contributed by atoms with Crippen LogP contribution < -0.4 is 10.2 Å². The van der Waals surface area contributed by atoms with Gasteiger partial charge in [-0.1, -0.05) is 13.8 Å². The molecule has 1 aliphatic heterocycles. The fraction of sp³-hybridized carbons (Fsp3) is 0.688. The van der Waals surface area contributed by atoms with Crippen LogP contribution in [0, 0.1) is 0 Å². The van der Waals surface area contributed by atoms with Crippen LogP contribution in [0.1, 0.15) is 32.8 Å². The molecule has 20 heavy (non-hydrogen) atoms. The highest BCUT2D eigenvalue weighted by Gasteiger charge is 2.21. The molecule has 0 spiro atoms. The summed E-state index contributed by atoms with van der Waals surface area (Å²) in [6, 6.07) is 2.84. The number of aromatic nitrogens is 1. The highest BCUT2D eigenvalue weighted by atomic mass is 15.3. The largest absolute Gasteiger partial charge is 0.367 e. The van der Waals surface area contributed by atoms with E-state index in [0.717, 1.165) is 39.3 Å².